The van der Waals surface area contributed by atoms with E-state index >= 15 is 0 Å². The Bertz CT molecular complexity index is 735. The average molecular weight is 299 g/mol. The number of aromatic nitrogens is 1. The number of hydrogen-bond acceptors (Lipinski definition) is 4. The van der Waals surface area contributed by atoms with E-state index in [1.54, 1.807) is 7.05 Å². The molecule has 0 aliphatic rings. The van der Waals surface area contributed by atoms with Crippen molar-refractivity contribution in [2.24, 2.45) is 0 Å². The van der Waals surface area contributed by atoms with E-state index in [9.17, 15) is 17.2 Å². The smallest absolute Gasteiger partial charge is 0.262 e. The lowest BCUT2D eigenvalue weighted by Crippen LogP contribution is -2.13. The Balaban J connectivity index is 2.32. The molecule has 1 heterocycles. The van der Waals surface area contributed by atoms with Crippen LogP contribution >= 0.6 is 0 Å². The van der Waals surface area contributed by atoms with Crippen molar-refractivity contribution in [3.63, 3.8) is 0 Å². The molecule has 0 aliphatic heterocycles. The number of sulfonamides is 1. The fourth-order valence-electron chi connectivity index (χ4n) is 1.49. The van der Waals surface area contributed by atoms with Crippen LogP contribution in [0.2, 0.25) is 0 Å². The summed E-state index contributed by atoms with van der Waals surface area (Å²) in [7, 11) is -2.30. The molecule has 0 bridgehead atoms. The van der Waals surface area contributed by atoms with E-state index in [1.807, 2.05) is 0 Å². The molecule has 0 spiro atoms. The van der Waals surface area contributed by atoms with Gasteiger partial charge < -0.3 is 5.32 Å². The number of halogens is 2. The van der Waals surface area contributed by atoms with Crippen molar-refractivity contribution < 1.29 is 17.2 Å². The van der Waals surface area contributed by atoms with Crippen LogP contribution in [-0.4, -0.2) is 20.4 Å². The highest BCUT2D eigenvalue weighted by Crippen LogP contribution is 2.19. The van der Waals surface area contributed by atoms with Gasteiger partial charge in [-0.15, -0.1) is 0 Å². The van der Waals surface area contributed by atoms with Gasteiger partial charge in [-0.3, -0.25) is 4.72 Å². The van der Waals surface area contributed by atoms with Gasteiger partial charge in [0.2, 0.25) is 0 Å². The number of pyridine rings is 1. The van der Waals surface area contributed by atoms with Crippen molar-refractivity contribution >= 4 is 21.5 Å². The van der Waals surface area contributed by atoms with Crippen molar-refractivity contribution in [2.75, 3.05) is 17.1 Å². The molecule has 0 amide bonds. The minimum atomic E-state index is -3.89. The summed E-state index contributed by atoms with van der Waals surface area (Å²) in [4.78, 5) is 3.85. The SMILES string of the molecule is CNc1cc(S(=O)(=O)Nc2ccc(F)c(F)c2)ccn1. The van der Waals surface area contributed by atoms with Crippen molar-refractivity contribution in [1.82, 2.24) is 4.98 Å². The average Bonchev–Trinajstić information content (AvgIpc) is 2.43. The second-order valence-corrected chi connectivity index (χ2v) is 5.54. The van der Waals surface area contributed by atoms with Crippen LogP contribution in [0.5, 0.6) is 0 Å². The van der Waals surface area contributed by atoms with Gasteiger partial charge in [0.05, 0.1) is 10.6 Å². The van der Waals surface area contributed by atoms with E-state index in [1.165, 1.54) is 18.3 Å². The maximum Gasteiger partial charge on any atom is 0.262 e. The van der Waals surface area contributed by atoms with Crippen molar-refractivity contribution in [3.05, 3.63) is 48.2 Å². The maximum absolute atomic E-state index is 13.0. The molecule has 2 aromatic rings. The van der Waals surface area contributed by atoms with Gasteiger partial charge in [-0.2, -0.15) is 0 Å². The quantitative estimate of drug-likeness (QED) is 0.908. The van der Waals surface area contributed by atoms with Crippen LogP contribution < -0.4 is 10.0 Å². The molecule has 106 valence electrons. The van der Waals surface area contributed by atoms with E-state index in [0.717, 1.165) is 18.2 Å². The lowest BCUT2D eigenvalue weighted by atomic mass is 10.3. The van der Waals surface area contributed by atoms with Crippen LogP contribution in [0.3, 0.4) is 0 Å². The van der Waals surface area contributed by atoms with Gasteiger partial charge in [-0.25, -0.2) is 22.2 Å². The topological polar surface area (TPSA) is 71.1 Å². The van der Waals surface area contributed by atoms with Crippen molar-refractivity contribution in [1.29, 1.82) is 0 Å². The minimum absolute atomic E-state index is 0.0402. The summed E-state index contributed by atoms with van der Waals surface area (Å²) in [5.74, 6) is -1.80. The standard InChI is InChI=1S/C12H11F2N3O2S/c1-15-12-7-9(4-5-16-12)20(18,19)17-8-2-3-10(13)11(14)6-8/h2-7,17H,1H3,(H,15,16). The van der Waals surface area contributed by atoms with Crippen LogP contribution in [0.15, 0.2) is 41.4 Å². The summed E-state index contributed by atoms with van der Waals surface area (Å²) in [6, 6.07) is 5.37. The Labute approximate surface area is 114 Å². The first kappa shape index (κ1) is 14.2. The van der Waals surface area contributed by atoms with Gasteiger partial charge in [0.1, 0.15) is 5.82 Å². The van der Waals surface area contributed by atoms with Gasteiger partial charge in [0.15, 0.2) is 11.6 Å². The predicted molar refractivity (Wildman–Crippen MR) is 71.0 cm³/mol. The zero-order valence-corrected chi connectivity index (χ0v) is 11.2. The highest BCUT2D eigenvalue weighted by molar-refractivity contribution is 7.92. The first-order valence-corrected chi connectivity index (χ1v) is 7.02. The third-order valence-corrected chi connectivity index (χ3v) is 3.85. The Morgan fingerprint density at radius 2 is 1.85 bits per heavy atom. The lowest BCUT2D eigenvalue weighted by Gasteiger charge is -2.09. The largest absolute Gasteiger partial charge is 0.373 e. The first-order valence-electron chi connectivity index (χ1n) is 5.54. The monoisotopic (exact) mass is 299 g/mol. The number of hydrogen-bond donors (Lipinski definition) is 2. The first-order chi connectivity index (χ1) is 9.42. The van der Waals surface area contributed by atoms with E-state index in [0.29, 0.717) is 5.82 Å². The molecule has 0 atom stereocenters. The minimum Gasteiger partial charge on any atom is -0.373 e. The normalized spacial score (nSPS) is 11.2. The Morgan fingerprint density at radius 3 is 2.50 bits per heavy atom. The molecule has 20 heavy (non-hydrogen) atoms. The summed E-state index contributed by atoms with van der Waals surface area (Å²) in [6.45, 7) is 0. The summed E-state index contributed by atoms with van der Waals surface area (Å²) < 4.78 is 52.2. The van der Waals surface area contributed by atoms with Gasteiger partial charge in [-0.05, 0) is 18.2 Å². The zero-order chi connectivity index (χ0) is 14.8. The molecule has 1 aromatic heterocycles. The fourth-order valence-corrected chi connectivity index (χ4v) is 2.55. The molecule has 0 unspecified atom stereocenters. The summed E-state index contributed by atoms with van der Waals surface area (Å²) in [5.41, 5.74) is -0.0632. The Morgan fingerprint density at radius 1 is 1.10 bits per heavy atom. The van der Waals surface area contributed by atoms with Gasteiger partial charge in [-0.1, -0.05) is 0 Å². The molecule has 8 heteroatoms. The molecular weight excluding hydrogens is 288 g/mol. The number of nitrogens with one attached hydrogen (secondary N) is 2. The fraction of sp³-hybridized carbons (Fsp3) is 0.0833. The number of benzene rings is 1. The van der Waals surface area contributed by atoms with Crippen LogP contribution in [-0.2, 0) is 10.0 Å². The van der Waals surface area contributed by atoms with Gasteiger partial charge in [0.25, 0.3) is 10.0 Å². The van der Waals surface area contributed by atoms with E-state index in [4.69, 9.17) is 0 Å². The van der Waals surface area contributed by atoms with E-state index in [-0.39, 0.29) is 10.6 Å². The van der Waals surface area contributed by atoms with Crippen LogP contribution in [0.25, 0.3) is 0 Å². The third kappa shape index (κ3) is 3.02. The maximum atomic E-state index is 13.0. The molecule has 5 nitrogen and oxygen atoms in total. The van der Waals surface area contributed by atoms with Crippen molar-refractivity contribution in [3.8, 4) is 0 Å². The molecule has 0 fully saturated rings. The summed E-state index contributed by atoms with van der Waals surface area (Å²) >= 11 is 0. The summed E-state index contributed by atoms with van der Waals surface area (Å²) in [6.07, 6.45) is 1.33. The second kappa shape index (κ2) is 5.41. The number of rotatable bonds is 4. The van der Waals surface area contributed by atoms with Crippen LogP contribution in [0, 0.1) is 11.6 Å². The third-order valence-electron chi connectivity index (χ3n) is 2.47. The molecular formula is C12H11F2N3O2S. The Hall–Kier alpha value is -2.22. The second-order valence-electron chi connectivity index (χ2n) is 3.86. The molecule has 0 saturated carbocycles. The van der Waals surface area contributed by atoms with Gasteiger partial charge in [0, 0.05) is 25.4 Å². The van der Waals surface area contributed by atoms with Crippen LogP contribution in [0.1, 0.15) is 0 Å². The number of nitrogens with zero attached hydrogens (tertiary/aromatic N) is 1. The molecule has 0 radical (unpaired) electrons. The predicted octanol–water partition coefficient (Wildman–Crippen LogP) is 2.20. The van der Waals surface area contributed by atoms with Crippen LogP contribution in [0.4, 0.5) is 20.3 Å². The van der Waals surface area contributed by atoms with E-state index in [2.05, 4.69) is 15.0 Å². The lowest BCUT2D eigenvalue weighted by molar-refractivity contribution is 0.509. The molecule has 0 aliphatic carbocycles. The molecule has 0 saturated heterocycles. The van der Waals surface area contributed by atoms with E-state index < -0.39 is 21.7 Å². The molecule has 2 rings (SSSR count). The van der Waals surface area contributed by atoms with Gasteiger partial charge >= 0.3 is 0 Å². The molecule has 2 N–H and O–H groups in total. The van der Waals surface area contributed by atoms with Crippen molar-refractivity contribution in [2.45, 2.75) is 4.90 Å². The summed E-state index contributed by atoms with van der Waals surface area (Å²) in [5, 5.41) is 2.71. The Kier molecular flexibility index (Phi) is 3.84. The zero-order valence-electron chi connectivity index (χ0n) is 10.4. The molecule has 1 aromatic carbocycles. The highest BCUT2D eigenvalue weighted by atomic mass is 32.2. The highest BCUT2D eigenvalue weighted by Gasteiger charge is 2.15. The number of anilines is 2.